The van der Waals surface area contributed by atoms with Crippen LogP contribution in [-0.2, 0) is 19.3 Å². The molecule has 0 bridgehead atoms. The van der Waals surface area contributed by atoms with Crippen LogP contribution >= 0.6 is 11.8 Å². The maximum Gasteiger partial charge on any atom is 0.0414 e. The number of likely N-dealkylation sites (N-methyl/N-ethyl adjacent to an activating group) is 1. The first-order valence-corrected chi connectivity index (χ1v) is 8.78. The highest BCUT2D eigenvalue weighted by Gasteiger charge is 2.27. The summed E-state index contributed by atoms with van der Waals surface area (Å²) in [6.07, 6.45) is 4.86. The predicted molar refractivity (Wildman–Crippen MR) is 87.0 cm³/mol. The highest BCUT2D eigenvalue weighted by molar-refractivity contribution is 7.99. The SMILES string of the molecule is CN1CCSCC1C(Cc1ccc2c(c1)CCC2)NN. The van der Waals surface area contributed by atoms with Crippen LogP contribution in [0.2, 0.25) is 0 Å². The average Bonchev–Trinajstić information content (AvgIpc) is 2.93. The third-order valence-corrected chi connectivity index (χ3v) is 5.79. The van der Waals surface area contributed by atoms with Gasteiger partial charge in [-0.15, -0.1) is 0 Å². The van der Waals surface area contributed by atoms with E-state index in [4.69, 9.17) is 5.84 Å². The molecule has 2 aliphatic rings. The molecule has 1 fully saturated rings. The van der Waals surface area contributed by atoms with Crippen LogP contribution in [-0.4, -0.2) is 42.1 Å². The normalized spacial score (nSPS) is 24.6. The van der Waals surface area contributed by atoms with Crippen molar-refractivity contribution in [3.05, 3.63) is 34.9 Å². The zero-order chi connectivity index (χ0) is 13.9. The Morgan fingerprint density at radius 1 is 1.40 bits per heavy atom. The van der Waals surface area contributed by atoms with E-state index >= 15 is 0 Å². The molecule has 1 aromatic carbocycles. The van der Waals surface area contributed by atoms with E-state index < -0.39 is 0 Å². The van der Waals surface area contributed by atoms with Gasteiger partial charge in [0.2, 0.25) is 0 Å². The van der Waals surface area contributed by atoms with E-state index in [2.05, 4.69) is 35.6 Å². The summed E-state index contributed by atoms with van der Waals surface area (Å²) in [5.41, 5.74) is 7.60. The van der Waals surface area contributed by atoms with Crippen molar-refractivity contribution in [2.75, 3.05) is 25.1 Å². The van der Waals surface area contributed by atoms with E-state index in [9.17, 15) is 0 Å². The van der Waals surface area contributed by atoms with Crippen molar-refractivity contribution in [1.82, 2.24) is 10.3 Å². The van der Waals surface area contributed by atoms with Gasteiger partial charge in [-0.1, -0.05) is 18.2 Å². The zero-order valence-corrected chi connectivity index (χ0v) is 13.1. The number of hydrogen-bond donors (Lipinski definition) is 2. The molecule has 1 saturated heterocycles. The van der Waals surface area contributed by atoms with Gasteiger partial charge in [-0.2, -0.15) is 11.8 Å². The van der Waals surface area contributed by atoms with Gasteiger partial charge in [0, 0.05) is 30.1 Å². The Morgan fingerprint density at radius 2 is 2.25 bits per heavy atom. The minimum absolute atomic E-state index is 0.340. The lowest BCUT2D eigenvalue weighted by atomic mass is 9.97. The number of thioether (sulfide) groups is 1. The van der Waals surface area contributed by atoms with E-state index in [1.807, 2.05) is 11.8 Å². The lowest BCUT2D eigenvalue weighted by Crippen LogP contribution is -2.55. The second-order valence-electron chi connectivity index (χ2n) is 6.06. The molecule has 2 unspecified atom stereocenters. The van der Waals surface area contributed by atoms with Gasteiger partial charge in [-0.3, -0.25) is 11.3 Å². The van der Waals surface area contributed by atoms with Gasteiger partial charge in [0.15, 0.2) is 0 Å². The maximum absolute atomic E-state index is 5.84. The third kappa shape index (κ3) is 3.03. The van der Waals surface area contributed by atoms with E-state index in [1.54, 1.807) is 11.1 Å². The molecule has 3 rings (SSSR count). The summed E-state index contributed by atoms with van der Waals surface area (Å²) in [4.78, 5) is 2.45. The number of rotatable bonds is 4. The molecule has 0 spiro atoms. The van der Waals surface area contributed by atoms with Crippen molar-refractivity contribution in [1.29, 1.82) is 0 Å². The minimum atomic E-state index is 0.340. The highest BCUT2D eigenvalue weighted by atomic mass is 32.2. The van der Waals surface area contributed by atoms with Crippen LogP contribution in [0.1, 0.15) is 23.1 Å². The van der Waals surface area contributed by atoms with Crippen LogP contribution in [0, 0.1) is 0 Å². The number of nitrogens with zero attached hydrogens (tertiary/aromatic N) is 1. The molecule has 0 aromatic heterocycles. The van der Waals surface area contributed by atoms with Crippen molar-refractivity contribution in [3.8, 4) is 0 Å². The quantitative estimate of drug-likeness (QED) is 0.653. The zero-order valence-electron chi connectivity index (χ0n) is 12.3. The third-order valence-electron chi connectivity index (χ3n) is 4.74. The molecule has 1 aliphatic carbocycles. The first-order chi connectivity index (χ1) is 9.78. The Balaban J connectivity index is 1.71. The van der Waals surface area contributed by atoms with Crippen molar-refractivity contribution in [2.45, 2.75) is 37.8 Å². The van der Waals surface area contributed by atoms with Gasteiger partial charge in [-0.05, 0) is 49.4 Å². The first-order valence-electron chi connectivity index (χ1n) is 7.62. The molecule has 2 atom stereocenters. The summed E-state index contributed by atoms with van der Waals surface area (Å²) in [6.45, 7) is 1.16. The molecule has 3 nitrogen and oxygen atoms in total. The summed E-state index contributed by atoms with van der Waals surface area (Å²) in [6, 6.07) is 7.90. The van der Waals surface area contributed by atoms with E-state index in [0.29, 0.717) is 12.1 Å². The van der Waals surface area contributed by atoms with Gasteiger partial charge in [-0.25, -0.2) is 0 Å². The number of aryl methyl sites for hydroxylation is 2. The number of hydrogen-bond acceptors (Lipinski definition) is 4. The lowest BCUT2D eigenvalue weighted by Gasteiger charge is -2.37. The van der Waals surface area contributed by atoms with E-state index in [0.717, 1.165) is 13.0 Å². The molecule has 110 valence electrons. The molecule has 0 radical (unpaired) electrons. The summed E-state index contributed by atoms with van der Waals surface area (Å²) in [7, 11) is 2.22. The fourth-order valence-electron chi connectivity index (χ4n) is 3.44. The second-order valence-corrected chi connectivity index (χ2v) is 7.21. The first kappa shape index (κ1) is 14.4. The molecule has 1 aliphatic heterocycles. The van der Waals surface area contributed by atoms with E-state index in [1.165, 1.54) is 36.3 Å². The Kier molecular flexibility index (Phi) is 4.66. The van der Waals surface area contributed by atoms with Crippen LogP contribution in [0.4, 0.5) is 0 Å². The number of nitrogens with one attached hydrogen (secondary N) is 1. The lowest BCUT2D eigenvalue weighted by molar-refractivity contribution is 0.214. The van der Waals surface area contributed by atoms with Crippen LogP contribution in [0.15, 0.2) is 18.2 Å². The Hall–Kier alpha value is -0.550. The largest absolute Gasteiger partial charge is 0.300 e. The highest BCUT2D eigenvalue weighted by Crippen LogP contribution is 2.25. The minimum Gasteiger partial charge on any atom is -0.300 e. The molecule has 0 saturated carbocycles. The number of fused-ring (bicyclic) bond motifs is 1. The van der Waals surface area contributed by atoms with Gasteiger partial charge in [0.1, 0.15) is 0 Å². The Bertz CT molecular complexity index is 463. The molecule has 1 aromatic rings. The Labute approximate surface area is 126 Å². The van der Waals surface area contributed by atoms with Gasteiger partial charge in [0.25, 0.3) is 0 Å². The van der Waals surface area contributed by atoms with E-state index in [-0.39, 0.29) is 0 Å². The fourth-order valence-corrected chi connectivity index (χ4v) is 4.75. The molecule has 20 heavy (non-hydrogen) atoms. The molecule has 1 heterocycles. The topological polar surface area (TPSA) is 41.3 Å². The summed E-state index contributed by atoms with van der Waals surface area (Å²) in [5.74, 6) is 8.26. The molecule has 0 amide bonds. The van der Waals surface area contributed by atoms with Crippen LogP contribution < -0.4 is 11.3 Å². The number of hydrazine groups is 1. The number of nitrogens with two attached hydrogens (primary N) is 1. The van der Waals surface area contributed by atoms with Crippen LogP contribution in [0.3, 0.4) is 0 Å². The fraction of sp³-hybridized carbons (Fsp3) is 0.625. The van der Waals surface area contributed by atoms with Gasteiger partial charge < -0.3 is 4.90 Å². The second kappa shape index (κ2) is 6.48. The van der Waals surface area contributed by atoms with Crippen molar-refractivity contribution >= 4 is 11.8 Å². The maximum atomic E-state index is 5.84. The predicted octanol–water partition coefficient (Wildman–Crippen LogP) is 1.60. The molecular formula is C16H25N3S. The van der Waals surface area contributed by atoms with Crippen LogP contribution in [0.5, 0.6) is 0 Å². The van der Waals surface area contributed by atoms with Crippen LogP contribution in [0.25, 0.3) is 0 Å². The summed E-state index contributed by atoms with van der Waals surface area (Å²) in [5, 5.41) is 0. The smallest absolute Gasteiger partial charge is 0.0414 e. The standard InChI is InChI=1S/C16H25N3S/c1-19-7-8-20-11-16(19)15(18-17)10-12-5-6-13-3-2-4-14(13)9-12/h5-6,9,15-16,18H,2-4,7-8,10-11,17H2,1H3. The molecular weight excluding hydrogens is 266 g/mol. The number of benzene rings is 1. The van der Waals surface area contributed by atoms with Crippen molar-refractivity contribution < 1.29 is 0 Å². The van der Waals surface area contributed by atoms with Crippen molar-refractivity contribution in [3.63, 3.8) is 0 Å². The molecule has 4 heteroatoms. The average molecular weight is 291 g/mol. The summed E-state index contributed by atoms with van der Waals surface area (Å²) >= 11 is 2.04. The van der Waals surface area contributed by atoms with Gasteiger partial charge in [0.05, 0.1) is 0 Å². The molecule has 3 N–H and O–H groups in total. The Morgan fingerprint density at radius 3 is 3.05 bits per heavy atom. The van der Waals surface area contributed by atoms with Crippen molar-refractivity contribution in [2.24, 2.45) is 5.84 Å². The summed E-state index contributed by atoms with van der Waals surface area (Å²) < 4.78 is 0. The van der Waals surface area contributed by atoms with Gasteiger partial charge >= 0.3 is 0 Å². The monoisotopic (exact) mass is 291 g/mol.